The Kier molecular flexibility index (Phi) is 5.14. The van der Waals surface area contributed by atoms with Crippen molar-refractivity contribution in [1.82, 2.24) is 0 Å². The Balaban J connectivity index is 0.00000196. The molecule has 5 heteroatoms. The number of halogens is 3. The number of benzene rings is 1. The number of hydrogen-bond donors (Lipinski definition) is 2. The number of aryl methyl sites for hydroxylation is 1. The molecule has 15 heavy (non-hydrogen) atoms. The van der Waals surface area contributed by atoms with E-state index in [4.69, 9.17) is 10.8 Å². The van der Waals surface area contributed by atoms with E-state index >= 15 is 0 Å². The minimum absolute atomic E-state index is 0. The zero-order chi connectivity index (χ0) is 10.8. The predicted octanol–water partition coefficient (Wildman–Crippen LogP) is 2.04. The molecule has 0 saturated heterocycles. The Hall–Kier alpha value is -0.710. The summed E-state index contributed by atoms with van der Waals surface area (Å²) >= 11 is 0. The largest absolute Gasteiger partial charge is 0.390 e. The lowest BCUT2D eigenvalue weighted by Crippen LogP contribution is -2.36. The molecule has 0 bridgehead atoms. The van der Waals surface area contributed by atoms with Crippen molar-refractivity contribution in [3.8, 4) is 0 Å². The van der Waals surface area contributed by atoms with Crippen LogP contribution < -0.4 is 5.73 Å². The van der Waals surface area contributed by atoms with Gasteiger partial charge in [-0.3, -0.25) is 0 Å². The Morgan fingerprint density at radius 2 is 1.80 bits per heavy atom. The van der Waals surface area contributed by atoms with E-state index in [1.54, 1.807) is 24.3 Å². The van der Waals surface area contributed by atoms with Crippen LogP contribution >= 0.6 is 12.4 Å². The van der Waals surface area contributed by atoms with E-state index in [0.29, 0.717) is 5.56 Å². The lowest BCUT2D eigenvalue weighted by molar-refractivity contribution is -0.0711. The van der Waals surface area contributed by atoms with Gasteiger partial charge in [0.05, 0.1) is 6.04 Å². The standard InChI is InChI=1S/C10H13F2NO.ClH/c1-7-2-4-8(5-3-7)9(13)10(11,12)6-14;/h2-5,9,14H,6,13H2,1H3;1H/t9-;/m0./s1. The van der Waals surface area contributed by atoms with Gasteiger partial charge in [0.1, 0.15) is 6.61 Å². The van der Waals surface area contributed by atoms with Crippen molar-refractivity contribution in [2.45, 2.75) is 18.9 Å². The number of aliphatic hydroxyl groups excluding tert-OH is 1. The molecule has 0 saturated carbocycles. The minimum atomic E-state index is -3.27. The smallest absolute Gasteiger partial charge is 0.289 e. The number of hydrogen-bond acceptors (Lipinski definition) is 2. The molecule has 2 nitrogen and oxygen atoms in total. The second kappa shape index (κ2) is 5.39. The Morgan fingerprint density at radius 3 is 2.20 bits per heavy atom. The number of aliphatic hydroxyl groups is 1. The van der Waals surface area contributed by atoms with Crippen molar-refractivity contribution in [2.75, 3.05) is 6.61 Å². The average molecular weight is 238 g/mol. The van der Waals surface area contributed by atoms with Gasteiger partial charge in [-0.15, -0.1) is 12.4 Å². The summed E-state index contributed by atoms with van der Waals surface area (Å²) in [6.45, 7) is 0.627. The SMILES string of the molecule is Cc1ccc([C@H](N)C(F)(F)CO)cc1.Cl. The molecule has 1 rings (SSSR count). The van der Waals surface area contributed by atoms with Gasteiger partial charge in [0.25, 0.3) is 5.92 Å². The molecule has 1 aromatic carbocycles. The normalized spacial score (nSPS) is 13.1. The quantitative estimate of drug-likeness (QED) is 0.845. The third-order valence-corrected chi connectivity index (χ3v) is 2.10. The molecule has 0 aliphatic heterocycles. The molecule has 0 aromatic heterocycles. The lowest BCUT2D eigenvalue weighted by atomic mass is 10.0. The molecule has 0 heterocycles. The third-order valence-electron chi connectivity index (χ3n) is 2.10. The van der Waals surface area contributed by atoms with E-state index in [2.05, 4.69) is 0 Å². The molecule has 0 amide bonds. The van der Waals surface area contributed by atoms with Crippen molar-refractivity contribution in [1.29, 1.82) is 0 Å². The molecule has 0 radical (unpaired) electrons. The molecule has 0 aliphatic carbocycles. The number of rotatable bonds is 3. The van der Waals surface area contributed by atoms with Crippen LogP contribution in [0.15, 0.2) is 24.3 Å². The maximum Gasteiger partial charge on any atom is 0.289 e. The van der Waals surface area contributed by atoms with Gasteiger partial charge in [-0.05, 0) is 12.5 Å². The molecule has 0 unspecified atom stereocenters. The van der Waals surface area contributed by atoms with Crippen molar-refractivity contribution in [3.63, 3.8) is 0 Å². The second-order valence-electron chi connectivity index (χ2n) is 3.31. The number of alkyl halides is 2. The average Bonchev–Trinajstić information content (AvgIpc) is 2.18. The molecule has 1 aromatic rings. The van der Waals surface area contributed by atoms with E-state index in [1.807, 2.05) is 6.92 Å². The topological polar surface area (TPSA) is 46.2 Å². The second-order valence-corrected chi connectivity index (χ2v) is 3.31. The first kappa shape index (κ1) is 14.3. The fourth-order valence-corrected chi connectivity index (χ4v) is 1.12. The van der Waals surface area contributed by atoms with Crippen molar-refractivity contribution < 1.29 is 13.9 Å². The Labute approximate surface area is 93.5 Å². The summed E-state index contributed by atoms with van der Waals surface area (Å²) in [5, 5.41) is 8.45. The summed E-state index contributed by atoms with van der Waals surface area (Å²) in [6, 6.07) is 5.06. The Bertz CT molecular complexity index is 303. The van der Waals surface area contributed by atoms with E-state index in [1.165, 1.54) is 0 Å². The van der Waals surface area contributed by atoms with Gasteiger partial charge in [-0.25, -0.2) is 8.78 Å². The van der Waals surface area contributed by atoms with Crippen LogP contribution in [0.1, 0.15) is 17.2 Å². The molecule has 0 aliphatic rings. The maximum atomic E-state index is 13.0. The van der Waals surface area contributed by atoms with Crippen LogP contribution in [0.5, 0.6) is 0 Å². The number of nitrogens with two attached hydrogens (primary N) is 1. The highest BCUT2D eigenvalue weighted by Crippen LogP contribution is 2.28. The van der Waals surface area contributed by atoms with Crippen LogP contribution in [0, 0.1) is 6.92 Å². The van der Waals surface area contributed by atoms with E-state index < -0.39 is 18.6 Å². The van der Waals surface area contributed by atoms with Crippen molar-refractivity contribution >= 4 is 12.4 Å². The summed E-state index contributed by atoms with van der Waals surface area (Å²) in [6.07, 6.45) is 0. The summed E-state index contributed by atoms with van der Waals surface area (Å²) in [5.41, 5.74) is 6.63. The van der Waals surface area contributed by atoms with Crippen LogP contribution in [-0.2, 0) is 0 Å². The van der Waals surface area contributed by atoms with E-state index in [-0.39, 0.29) is 12.4 Å². The summed E-state index contributed by atoms with van der Waals surface area (Å²) in [4.78, 5) is 0. The van der Waals surface area contributed by atoms with E-state index in [0.717, 1.165) is 5.56 Å². The monoisotopic (exact) mass is 237 g/mol. The molecular weight excluding hydrogens is 224 g/mol. The molecular formula is C10H14ClF2NO. The lowest BCUT2D eigenvalue weighted by Gasteiger charge is -2.21. The van der Waals surface area contributed by atoms with Crippen LogP contribution in [0.25, 0.3) is 0 Å². The van der Waals surface area contributed by atoms with Crippen LogP contribution in [0.4, 0.5) is 8.78 Å². The summed E-state index contributed by atoms with van der Waals surface area (Å²) < 4.78 is 25.9. The minimum Gasteiger partial charge on any atom is -0.390 e. The van der Waals surface area contributed by atoms with Crippen LogP contribution in [0.3, 0.4) is 0 Å². The molecule has 1 atom stereocenters. The zero-order valence-electron chi connectivity index (χ0n) is 8.28. The maximum absolute atomic E-state index is 13.0. The van der Waals surface area contributed by atoms with Crippen molar-refractivity contribution in [2.24, 2.45) is 5.73 Å². The fraction of sp³-hybridized carbons (Fsp3) is 0.400. The molecule has 86 valence electrons. The third kappa shape index (κ3) is 3.41. The molecule has 0 spiro atoms. The first-order chi connectivity index (χ1) is 6.47. The van der Waals surface area contributed by atoms with Crippen LogP contribution in [-0.4, -0.2) is 17.6 Å². The molecule has 3 N–H and O–H groups in total. The van der Waals surface area contributed by atoms with Gasteiger partial charge >= 0.3 is 0 Å². The van der Waals surface area contributed by atoms with Gasteiger partial charge in [0.2, 0.25) is 0 Å². The highest BCUT2D eigenvalue weighted by molar-refractivity contribution is 5.85. The van der Waals surface area contributed by atoms with Gasteiger partial charge in [0.15, 0.2) is 0 Å². The van der Waals surface area contributed by atoms with Gasteiger partial charge in [-0.1, -0.05) is 29.8 Å². The Morgan fingerprint density at radius 1 is 1.33 bits per heavy atom. The van der Waals surface area contributed by atoms with Gasteiger partial charge in [-0.2, -0.15) is 0 Å². The predicted molar refractivity (Wildman–Crippen MR) is 57.4 cm³/mol. The van der Waals surface area contributed by atoms with Crippen LogP contribution in [0.2, 0.25) is 0 Å². The summed E-state index contributed by atoms with van der Waals surface area (Å²) in [5.74, 6) is -3.27. The van der Waals surface area contributed by atoms with Gasteiger partial charge in [0, 0.05) is 0 Å². The highest BCUT2D eigenvalue weighted by atomic mass is 35.5. The van der Waals surface area contributed by atoms with Gasteiger partial charge < -0.3 is 10.8 Å². The molecule has 0 fully saturated rings. The highest BCUT2D eigenvalue weighted by Gasteiger charge is 2.37. The van der Waals surface area contributed by atoms with E-state index in [9.17, 15) is 8.78 Å². The first-order valence-electron chi connectivity index (χ1n) is 4.28. The van der Waals surface area contributed by atoms with Crippen molar-refractivity contribution in [3.05, 3.63) is 35.4 Å². The first-order valence-corrected chi connectivity index (χ1v) is 4.28. The zero-order valence-corrected chi connectivity index (χ0v) is 9.10. The fourth-order valence-electron chi connectivity index (χ4n) is 1.12. The summed E-state index contributed by atoms with van der Waals surface area (Å²) in [7, 11) is 0.